The number of aromatic hydroxyl groups is 1. The van der Waals surface area contributed by atoms with Crippen LogP contribution in [0.3, 0.4) is 0 Å². The number of halogens is 18. The predicted octanol–water partition coefficient (Wildman–Crippen LogP) is 30.5. The van der Waals surface area contributed by atoms with E-state index in [0.29, 0.717) is 68.2 Å². The lowest BCUT2D eigenvalue weighted by molar-refractivity contribution is -0.245. The van der Waals surface area contributed by atoms with Crippen molar-refractivity contribution in [3.63, 3.8) is 0 Å². The van der Waals surface area contributed by atoms with Gasteiger partial charge in [0.2, 0.25) is 0 Å². The minimum Gasteiger partial charge on any atom is -0.508 e. The molecule has 0 aliphatic rings. The molecule has 0 saturated carbocycles. The quantitative estimate of drug-likeness (QED) is 0.0173. The van der Waals surface area contributed by atoms with Crippen molar-refractivity contribution in [2.24, 2.45) is 11.3 Å². The number of phenols is 1. The molecule has 0 aliphatic heterocycles. The number of phenolic OH excluding ortho intramolecular Hbond substituents is 1. The molecule has 19 nitrogen and oxygen atoms in total. The van der Waals surface area contributed by atoms with E-state index in [0.717, 1.165) is 42.7 Å². The summed E-state index contributed by atoms with van der Waals surface area (Å²) in [5, 5.41) is -20.2. The first kappa shape index (κ1) is 139. The third-order valence-corrected chi connectivity index (χ3v) is 32.8. The molecule has 0 radical (unpaired) electrons. The van der Waals surface area contributed by atoms with Crippen LogP contribution < -0.4 is 8.37 Å². The minimum atomic E-state index is -7.96. The summed E-state index contributed by atoms with van der Waals surface area (Å²) >= 11 is 0. The fourth-order valence-electron chi connectivity index (χ4n) is 10.8. The van der Waals surface area contributed by atoms with Gasteiger partial charge in [-0.05, 0) is 195 Å². The van der Waals surface area contributed by atoms with E-state index in [1.54, 1.807) is 39.8 Å². The number of esters is 1. The predicted molar refractivity (Wildman–Crippen MR) is 531 cm³/mol. The van der Waals surface area contributed by atoms with E-state index in [4.69, 9.17) is 9.84 Å². The van der Waals surface area contributed by atoms with Gasteiger partial charge in [-0.1, -0.05) is 298 Å². The molecule has 4 unspecified atom stereocenters. The summed E-state index contributed by atoms with van der Waals surface area (Å²) in [6.45, 7) is 21.2. The molecule has 1 N–H and O–H groups in total. The van der Waals surface area contributed by atoms with Crippen molar-refractivity contribution in [3.05, 3.63) is 316 Å². The first-order valence-corrected chi connectivity index (χ1v) is 51.1. The number of ether oxygens (including phenoxy) is 1. The first-order valence-electron chi connectivity index (χ1n) is 40.1. The van der Waals surface area contributed by atoms with Gasteiger partial charge in [-0.15, -0.1) is 0 Å². The van der Waals surface area contributed by atoms with Crippen molar-refractivity contribution < 1.29 is 153 Å². The van der Waals surface area contributed by atoms with Crippen molar-refractivity contribution in [3.8, 4) is 17.2 Å². The largest absolute Gasteiger partial charge is 0.508 e. The maximum atomic E-state index is 14.0. The molecule has 0 spiro atoms. The van der Waals surface area contributed by atoms with Crippen molar-refractivity contribution in [1.29, 1.82) is 0 Å². The van der Waals surface area contributed by atoms with E-state index in [9.17, 15) is 134 Å². The molecule has 0 saturated heterocycles. The molecule has 0 aliphatic carbocycles. The Morgan fingerprint density at radius 2 is 0.517 bits per heavy atom. The van der Waals surface area contributed by atoms with Gasteiger partial charge in [-0.25, -0.2) is 33.7 Å². The van der Waals surface area contributed by atoms with Gasteiger partial charge in [-0.2, -0.15) is 95.9 Å². The van der Waals surface area contributed by atoms with Crippen LogP contribution in [0.4, 0.5) is 79.0 Å². The van der Waals surface area contributed by atoms with Crippen LogP contribution in [0.15, 0.2) is 314 Å². The Bertz CT molecular complexity index is 5640. The number of hydrogen-bond acceptors (Lipinski definition) is 17. The highest BCUT2D eigenvalue weighted by Crippen LogP contribution is 2.56. The topological polar surface area (TPSA) is 298 Å². The van der Waals surface area contributed by atoms with Crippen LogP contribution in [-0.4, -0.2) is 105 Å². The van der Waals surface area contributed by atoms with Crippen LogP contribution in [-0.2, 0) is 91.7 Å². The van der Waals surface area contributed by atoms with E-state index >= 15 is 0 Å². The lowest BCUT2D eigenvalue weighted by Gasteiger charge is -2.35. The highest BCUT2D eigenvalue weighted by Gasteiger charge is 2.83. The smallest absolute Gasteiger partial charge is 0.480 e. The van der Waals surface area contributed by atoms with Gasteiger partial charge in [0.1, 0.15) is 23.4 Å². The number of nitrogens with zero attached hydrogens (tertiary/aromatic N) is 2. The van der Waals surface area contributed by atoms with Crippen molar-refractivity contribution in [2.45, 2.75) is 258 Å². The van der Waals surface area contributed by atoms with E-state index in [1.165, 1.54) is 34.9 Å². The molecule has 4 atom stereocenters. The van der Waals surface area contributed by atoms with Gasteiger partial charge < -0.3 is 26.5 Å². The van der Waals surface area contributed by atoms with Gasteiger partial charge in [0, 0.05) is 0 Å². The lowest BCUT2D eigenvalue weighted by Crippen LogP contribution is -2.61. The molecule has 0 amide bonds. The first-order chi connectivity index (χ1) is 62.3. The number of rotatable bonds is 33. The molecule has 45 heteroatoms. The highest BCUT2D eigenvalue weighted by molar-refractivity contribution is 8.13. The van der Waals surface area contributed by atoms with E-state index in [-0.39, 0.29) is 111 Å². The van der Waals surface area contributed by atoms with E-state index < -0.39 is 121 Å². The second-order valence-corrected chi connectivity index (χ2v) is 44.3. The summed E-state index contributed by atoms with van der Waals surface area (Å²) in [4.78, 5) is 20.3. The molecule has 143 heavy (non-hydrogen) atoms. The molecule has 804 valence electrons. The Balaban J connectivity index is -0.000000827. The molecule has 0 heterocycles. The fraction of sp³-hybridized carbons (Fsp3) is 0.378. The van der Waals surface area contributed by atoms with Crippen molar-refractivity contribution in [2.75, 3.05) is 0 Å². The summed E-state index contributed by atoms with van der Waals surface area (Å²) < 4.78 is 388. The molecular formula is C98H126F18N2O17S8. The number of alkyl halides is 18. The average Bonchev–Trinajstić information content (AvgIpc) is 0.717. The lowest BCUT2D eigenvalue weighted by atomic mass is 9.90. The monoisotopic (exact) mass is 2200 g/mol. The Kier molecular flexibility index (Phi) is 55.8. The summed E-state index contributed by atoms with van der Waals surface area (Å²) in [6, 6.07) is 88.8. The van der Waals surface area contributed by atoms with Crippen LogP contribution in [0, 0.1) is 11.3 Å². The van der Waals surface area contributed by atoms with Crippen LogP contribution in [0.25, 0.3) is 8.25 Å². The maximum absolute atomic E-state index is 14.0. The number of carbonyl (C=O) groups excluding carboxylic acids is 1. The summed E-state index contributed by atoms with van der Waals surface area (Å²) in [6.07, 6.45) is 2.88. The summed E-state index contributed by atoms with van der Waals surface area (Å²) in [7, 11) is -45.2. The van der Waals surface area contributed by atoms with Gasteiger partial charge >= 0.3 is 70.1 Å². The molecule has 10 rings (SSSR count). The fourth-order valence-corrected chi connectivity index (χ4v) is 21.3. The van der Waals surface area contributed by atoms with Crippen LogP contribution >= 0.6 is 0 Å². The summed E-state index contributed by atoms with van der Waals surface area (Å²) in [5.74, 6) is -16.5. The third kappa shape index (κ3) is 35.5. The Morgan fingerprint density at radius 3 is 0.713 bits per heavy atom. The van der Waals surface area contributed by atoms with Crippen molar-refractivity contribution in [1.82, 2.24) is 0 Å². The van der Waals surface area contributed by atoms with Crippen molar-refractivity contribution >= 4 is 88.1 Å². The van der Waals surface area contributed by atoms with E-state index in [1.807, 2.05) is 63.2 Å². The highest BCUT2D eigenvalue weighted by atomic mass is 32.3. The van der Waals surface area contributed by atoms with Gasteiger partial charge in [-0.3, -0.25) is 4.79 Å². The third-order valence-electron chi connectivity index (χ3n) is 19.6. The van der Waals surface area contributed by atoms with Crippen LogP contribution in [0.2, 0.25) is 0 Å². The molecule has 10 aromatic rings. The SMILES string of the molecule is C.C.C.C.C.C.C.C.CCC(C)(C)C(=O)OC(c1ccccc1)C(C)C.CCC(C)c1ccc(O)cc1.CCC(C)c1ccc(OS(=O)(=O)C(F)(F)C(F)(F)C(F)(F)S(=O)(=O)[N-]S(=O)(=O)C(F)(F)F)cc1.CCC(C)c1ccc(OS(=O)(=O)C(F)(F)C(F)(F)C(F)(F)S(=O)(=O)[N-]S(=O)(=O)C(F)(F)F)cc1.c1ccc([S+](c2ccccc2)c2ccccc2)cc1.c1ccc([S+](c2ccccc2)c2ccccc2)cc1. The maximum Gasteiger partial charge on any atom is 0.480 e. The number of sulfonamides is 4. The Morgan fingerprint density at radius 1 is 0.308 bits per heavy atom. The Labute approximate surface area is 837 Å². The zero-order chi connectivity index (χ0) is 102. The summed E-state index contributed by atoms with van der Waals surface area (Å²) in [5.41, 5.74) is -10.5. The normalized spacial score (nSPS) is 13.0. The molecule has 0 bridgehead atoms. The number of hydrogen-bond donors (Lipinski definition) is 1. The zero-order valence-corrected chi connectivity index (χ0v) is 79.8. The molecular weight excluding hydrogens is 2080 g/mol. The average molecular weight is 2200 g/mol. The minimum absolute atomic E-state index is 0. The second-order valence-electron chi connectivity index (χ2n) is 30.1. The van der Waals surface area contributed by atoms with E-state index in [2.05, 4.69) is 218 Å². The second kappa shape index (κ2) is 57.3. The van der Waals surface area contributed by atoms with Gasteiger partial charge in [0.05, 0.1) is 27.2 Å². The van der Waals surface area contributed by atoms with Crippen LogP contribution in [0.5, 0.6) is 17.2 Å². The van der Waals surface area contributed by atoms with Gasteiger partial charge in [0.15, 0.2) is 69.5 Å². The number of benzene rings is 10. The Hall–Kier alpha value is -9.87. The van der Waals surface area contributed by atoms with Gasteiger partial charge in [0.25, 0.3) is 0 Å². The standard InChI is InChI=1S/2C18H15S.C16H24O2.2C14H13F9NO7S3.C10H14O.8CH4/c2*1-4-10-16(11-5-1)19(17-12-6-2-7-13-17)18-14-8-3-9-15-18;1-6-16(4,5)15(17)18-14(12(2)3)13-10-8-7-9-11-13;2*1-3-8(2)9-4-6-10(7-5-9)31-34(29,30)13(19,20)11(15,16)12(17,18)32(25,26)24-33(27,28)14(21,22)23;1-3-8(2)9-4-6-10(11)7-5-9;;;;;;;;/h2*1-15H;7-12,14H,6H2,1-5H3;2*4-8H,3H2,1-2H3;4-8,11H,3H2,1-2H3;8*1H4/q2*+1;;2*-1;;;;;;;;;. The molecule has 0 aromatic heterocycles. The van der Waals surface area contributed by atoms with Crippen LogP contribution in [0.1, 0.15) is 207 Å². The zero-order valence-electron chi connectivity index (χ0n) is 73.3. The molecule has 10 aromatic carbocycles. The molecule has 0 fully saturated rings. The number of carbonyl (C=O) groups is 1.